The molecule has 0 saturated carbocycles. The van der Waals surface area contributed by atoms with E-state index in [4.69, 9.17) is 27.9 Å². The average molecular weight is 359 g/mol. The maximum Gasteiger partial charge on any atom is 1.00 e. The Labute approximate surface area is 173 Å². The zero-order chi connectivity index (χ0) is 14.8. The Morgan fingerprint density at radius 2 is 1.67 bits per heavy atom. The van der Waals surface area contributed by atoms with Gasteiger partial charge in [0.15, 0.2) is 0 Å². The molecule has 0 fully saturated rings. The number of halogens is 5. The van der Waals surface area contributed by atoms with Gasteiger partial charge in [-0.1, -0.05) is 47.5 Å². The Hall–Kier alpha value is 0.311. The zero-order valence-electron chi connectivity index (χ0n) is 11.1. The largest absolute Gasteiger partial charge is 1.00 e. The molecule has 0 aliphatic heterocycles. The maximum absolute atomic E-state index is 12.6. The van der Waals surface area contributed by atoms with E-state index in [1.807, 2.05) is 0 Å². The molecule has 0 heterocycles. The summed E-state index contributed by atoms with van der Waals surface area (Å²) in [5, 5.41) is 0.713. The molecule has 0 radical (unpaired) electrons. The summed E-state index contributed by atoms with van der Waals surface area (Å²) >= 11 is 11.8. The zero-order valence-corrected chi connectivity index (χ0v) is 15.8. The molecule has 0 atom stereocenters. The van der Waals surface area contributed by atoms with Crippen LogP contribution in [0.25, 0.3) is 0 Å². The third-order valence-corrected chi connectivity index (χ3v) is 3.52. The summed E-state index contributed by atoms with van der Waals surface area (Å²) in [5.41, 5.74) is -0.0817. The van der Waals surface area contributed by atoms with Crippen molar-refractivity contribution in [1.29, 1.82) is 0 Å². The van der Waals surface area contributed by atoms with Gasteiger partial charge in [-0.15, -0.1) is 5.46 Å². The van der Waals surface area contributed by atoms with Crippen LogP contribution in [-0.2, 0) is 6.61 Å². The molecule has 2 aromatic carbocycles. The predicted octanol–water partition coefficient (Wildman–Crippen LogP) is 1.63. The normalized spacial score (nSPS) is 10.9. The first-order valence-electron chi connectivity index (χ1n) is 5.73. The van der Waals surface area contributed by atoms with Crippen molar-refractivity contribution in [3.63, 3.8) is 0 Å². The van der Waals surface area contributed by atoms with Gasteiger partial charge in [0, 0.05) is 5.56 Å². The summed E-state index contributed by atoms with van der Waals surface area (Å²) < 4.78 is 43.2. The molecule has 2 aromatic rings. The van der Waals surface area contributed by atoms with Gasteiger partial charge in [0.05, 0.1) is 10.0 Å². The third kappa shape index (κ3) is 5.46. The second-order valence-electron chi connectivity index (χ2n) is 4.15. The molecule has 0 amide bonds. The van der Waals surface area contributed by atoms with Gasteiger partial charge < -0.3 is 17.7 Å². The SMILES string of the molecule is F[B-](F)(F)c1cccc(OCc2cccc(Cl)c2Cl)c1.[K+]. The third-order valence-electron chi connectivity index (χ3n) is 2.66. The molecule has 21 heavy (non-hydrogen) atoms. The summed E-state index contributed by atoms with van der Waals surface area (Å²) in [6.07, 6.45) is 0. The Morgan fingerprint density at radius 1 is 1.00 bits per heavy atom. The standard InChI is InChI=1S/C13H9BCl2F3O.K/c15-12-6-1-3-9(13(12)16)8-20-11-5-2-4-10(7-11)14(17,18)19;/h1-7H,8H2;/q-1;+1. The average Bonchev–Trinajstić information content (AvgIpc) is 2.40. The van der Waals surface area contributed by atoms with Gasteiger partial charge in [-0.25, -0.2) is 0 Å². The van der Waals surface area contributed by atoms with Gasteiger partial charge in [0.2, 0.25) is 0 Å². The van der Waals surface area contributed by atoms with Crippen molar-refractivity contribution in [3.8, 4) is 5.75 Å². The molecule has 0 spiro atoms. The molecule has 0 N–H and O–H groups in total. The van der Waals surface area contributed by atoms with Crippen LogP contribution in [0.3, 0.4) is 0 Å². The van der Waals surface area contributed by atoms with E-state index in [1.165, 1.54) is 12.1 Å². The van der Waals surface area contributed by atoms with E-state index < -0.39 is 12.4 Å². The molecule has 0 aliphatic rings. The minimum Gasteiger partial charge on any atom is -0.489 e. The van der Waals surface area contributed by atoms with E-state index in [9.17, 15) is 12.9 Å². The number of ether oxygens (including phenoxy) is 1. The fourth-order valence-corrected chi connectivity index (χ4v) is 2.00. The van der Waals surface area contributed by atoms with E-state index in [0.717, 1.165) is 12.1 Å². The Balaban J connectivity index is 0.00000220. The van der Waals surface area contributed by atoms with Gasteiger partial charge >= 0.3 is 58.4 Å². The van der Waals surface area contributed by atoms with Crippen molar-refractivity contribution in [3.05, 3.63) is 58.1 Å². The van der Waals surface area contributed by atoms with E-state index >= 15 is 0 Å². The van der Waals surface area contributed by atoms with Crippen LogP contribution in [0.2, 0.25) is 10.0 Å². The minimum absolute atomic E-state index is 0. The van der Waals surface area contributed by atoms with Gasteiger partial charge in [-0.3, -0.25) is 0 Å². The smallest absolute Gasteiger partial charge is 0.489 e. The van der Waals surface area contributed by atoms with Crippen molar-refractivity contribution in [2.45, 2.75) is 6.61 Å². The van der Waals surface area contributed by atoms with Crippen LogP contribution >= 0.6 is 23.2 Å². The second-order valence-corrected chi connectivity index (χ2v) is 4.93. The first kappa shape index (κ1) is 19.4. The van der Waals surface area contributed by atoms with Crippen LogP contribution < -0.4 is 61.6 Å². The summed E-state index contributed by atoms with van der Waals surface area (Å²) in [5.74, 6) is 0.137. The van der Waals surface area contributed by atoms with Crippen molar-refractivity contribution in [2.75, 3.05) is 0 Å². The molecule has 0 aromatic heterocycles. The monoisotopic (exact) mass is 358 g/mol. The summed E-state index contributed by atoms with van der Waals surface area (Å²) in [4.78, 5) is 0. The topological polar surface area (TPSA) is 9.23 Å². The number of hydrogen-bond acceptors (Lipinski definition) is 1. The Morgan fingerprint density at radius 3 is 2.33 bits per heavy atom. The fraction of sp³-hybridized carbons (Fsp3) is 0.0769. The Kier molecular flexibility index (Phi) is 7.60. The summed E-state index contributed by atoms with van der Waals surface area (Å²) in [7, 11) is 0. The van der Waals surface area contributed by atoms with E-state index in [-0.39, 0.29) is 63.7 Å². The quantitative estimate of drug-likeness (QED) is 0.755. The molecule has 1 nitrogen and oxygen atoms in total. The van der Waals surface area contributed by atoms with Gasteiger partial charge in [-0.2, -0.15) is 0 Å². The Bertz CT molecular complexity index is 623. The van der Waals surface area contributed by atoms with Crippen LogP contribution in [0.1, 0.15) is 5.56 Å². The van der Waals surface area contributed by atoms with E-state index in [1.54, 1.807) is 18.2 Å². The van der Waals surface area contributed by atoms with Crippen molar-refractivity contribution < 1.29 is 69.1 Å². The van der Waals surface area contributed by atoms with Gasteiger partial charge in [0.1, 0.15) is 12.4 Å². The van der Waals surface area contributed by atoms with Gasteiger partial charge in [0.25, 0.3) is 0 Å². The first-order chi connectivity index (χ1) is 9.38. The minimum atomic E-state index is -5.04. The van der Waals surface area contributed by atoms with E-state index in [2.05, 4.69) is 0 Å². The number of benzene rings is 2. The van der Waals surface area contributed by atoms with Crippen molar-refractivity contribution in [1.82, 2.24) is 0 Å². The first-order valence-corrected chi connectivity index (χ1v) is 6.49. The van der Waals surface area contributed by atoms with Crippen LogP contribution in [0.5, 0.6) is 5.75 Å². The van der Waals surface area contributed by atoms with Gasteiger partial charge in [-0.05, 0) is 18.2 Å². The number of hydrogen-bond donors (Lipinski definition) is 0. The molecule has 8 heteroatoms. The van der Waals surface area contributed by atoms with Crippen molar-refractivity contribution in [2.24, 2.45) is 0 Å². The molecule has 0 aliphatic carbocycles. The molecule has 106 valence electrons. The molecule has 0 saturated heterocycles. The molecule has 0 bridgehead atoms. The number of rotatable bonds is 4. The molecular formula is C13H9BCl2F3KO. The van der Waals surface area contributed by atoms with E-state index in [0.29, 0.717) is 15.6 Å². The molecule has 2 rings (SSSR count). The molecular weight excluding hydrogens is 350 g/mol. The summed E-state index contributed by atoms with van der Waals surface area (Å²) in [6.45, 7) is -4.99. The maximum atomic E-state index is 12.6. The predicted molar refractivity (Wildman–Crippen MR) is 75.9 cm³/mol. The van der Waals surface area contributed by atoms with Crippen LogP contribution in [0.4, 0.5) is 12.9 Å². The van der Waals surface area contributed by atoms with Crippen molar-refractivity contribution >= 4 is 35.6 Å². The van der Waals surface area contributed by atoms with Crippen LogP contribution in [-0.4, -0.2) is 6.98 Å². The second kappa shape index (κ2) is 8.24. The van der Waals surface area contributed by atoms with Crippen LogP contribution in [0, 0.1) is 0 Å². The fourth-order valence-electron chi connectivity index (χ4n) is 1.63. The summed E-state index contributed by atoms with van der Waals surface area (Å²) in [6, 6.07) is 9.77. The van der Waals surface area contributed by atoms with Crippen LogP contribution in [0.15, 0.2) is 42.5 Å². The molecule has 0 unspecified atom stereocenters.